The number of β-amino-alcohol motifs (C(OH)–C–C–N with tert-alkyl or cyclic N) is 1. The number of aliphatic hydroxyl groups excluding tert-OH is 1. The summed E-state index contributed by atoms with van der Waals surface area (Å²) in [6.45, 7) is 3.86. The van der Waals surface area contributed by atoms with Gasteiger partial charge in [-0.15, -0.1) is 0 Å². The van der Waals surface area contributed by atoms with Gasteiger partial charge in [0.2, 0.25) is 0 Å². The van der Waals surface area contributed by atoms with E-state index >= 15 is 0 Å². The Morgan fingerprint density at radius 1 is 1.05 bits per heavy atom. The standard InChI is InChI=1S/C32H40N8O3/c1-35-18-25(17-33)24-16-29(30(34)36-19-24)31(42)38-28-8-11-40(20-28)32(43)23-3-2-22-15-27(5-4-21(22)14-23)37-26-6-9-39(10-7-26)12-13-41/h2-5,14-19,26,28,37,41H,6-13,20,33H2,1H3,(H2,34,36)(H,38,42)/t28-/m1/s1. The van der Waals surface area contributed by atoms with E-state index in [-0.39, 0.29) is 35.8 Å². The molecule has 0 aliphatic carbocycles. The second-order valence-electron chi connectivity index (χ2n) is 11.1. The van der Waals surface area contributed by atoms with E-state index in [1.807, 2.05) is 24.3 Å². The maximum absolute atomic E-state index is 13.4. The minimum absolute atomic E-state index is 0.0600. The number of fused-ring (bicyclic) bond motifs is 1. The van der Waals surface area contributed by atoms with Crippen molar-refractivity contribution < 1.29 is 14.7 Å². The largest absolute Gasteiger partial charge is 0.404 e. The number of anilines is 2. The van der Waals surface area contributed by atoms with Crippen molar-refractivity contribution in [2.24, 2.45) is 10.7 Å². The molecule has 2 saturated heterocycles. The summed E-state index contributed by atoms with van der Waals surface area (Å²) in [6.07, 6.45) is 7.26. The third kappa shape index (κ3) is 7.12. The molecule has 226 valence electrons. The number of allylic oxidation sites excluding steroid dienone is 1. The second kappa shape index (κ2) is 13.7. The zero-order valence-corrected chi connectivity index (χ0v) is 24.5. The van der Waals surface area contributed by atoms with Gasteiger partial charge in [0, 0.05) is 92.9 Å². The predicted molar refractivity (Wildman–Crippen MR) is 171 cm³/mol. The lowest BCUT2D eigenvalue weighted by atomic mass is 10.0. The van der Waals surface area contributed by atoms with Crippen LogP contribution in [-0.2, 0) is 0 Å². The average molecular weight is 585 g/mol. The molecular formula is C32H40N8O3. The summed E-state index contributed by atoms with van der Waals surface area (Å²) in [5, 5.41) is 17.9. The van der Waals surface area contributed by atoms with E-state index in [4.69, 9.17) is 16.6 Å². The first kappa shape index (κ1) is 30.0. The van der Waals surface area contributed by atoms with Gasteiger partial charge in [-0.1, -0.05) is 12.1 Å². The van der Waals surface area contributed by atoms with E-state index in [0.717, 1.165) is 48.9 Å². The molecular weight excluding hydrogens is 544 g/mol. The number of likely N-dealkylation sites (tertiary alicyclic amines) is 2. The molecule has 1 atom stereocenters. The van der Waals surface area contributed by atoms with Crippen LogP contribution in [-0.4, -0.2) is 96.4 Å². The van der Waals surface area contributed by atoms with Crippen LogP contribution in [0.1, 0.15) is 45.5 Å². The van der Waals surface area contributed by atoms with E-state index in [1.54, 1.807) is 30.4 Å². The number of benzene rings is 2. The van der Waals surface area contributed by atoms with Gasteiger partial charge in [-0.05, 0) is 60.4 Å². The number of nitrogens with two attached hydrogens (primary N) is 2. The third-order valence-electron chi connectivity index (χ3n) is 8.22. The van der Waals surface area contributed by atoms with Crippen LogP contribution in [0.25, 0.3) is 16.3 Å². The number of aromatic nitrogens is 1. The second-order valence-corrected chi connectivity index (χ2v) is 11.1. The highest BCUT2D eigenvalue weighted by Gasteiger charge is 2.29. The monoisotopic (exact) mass is 584 g/mol. The summed E-state index contributed by atoms with van der Waals surface area (Å²) in [4.78, 5) is 38.7. The SMILES string of the molecule is CN=CC(=CN)c1cnc(N)c(C(=O)N[C@@H]2CCN(C(=O)c3ccc4cc(NC5CCN(CCO)CC5)ccc4c3)C2)c1. The van der Waals surface area contributed by atoms with E-state index in [2.05, 4.69) is 37.6 Å². The first-order valence-electron chi connectivity index (χ1n) is 14.7. The number of aliphatic imine (C=N–C) groups is 1. The van der Waals surface area contributed by atoms with Crippen LogP contribution in [0, 0.1) is 0 Å². The molecule has 0 bridgehead atoms. The van der Waals surface area contributed by atoms with Crippen molar-refractivity contribution in [3.05, 3.63) is 71.6 Å². The summed E-state index contributed by atoms with van der Waals surface area (Å²) in [5.74, 6) is -0.285. The van der Waals surface area contributed by atoms with Crippen molar-refractivity contribution in [3.8, 4) is 0 Å². The summed E-state index contributed by atoms with van der Waals surface area (Å²) in [6, 6.07) is 13.9. The number of rotatable bonds is 9. The Balaban J connectivity index is 1.19. The van der Waals surface area contributed by atoms with Gasteiger partial charge < -0.3 is 37.0 Å². The number of nitrogen functional groups attached to an aromatic ring is 1. The van der Waals surface area contributed by atoms with Gasteiger partial charge in [0.25, 0.3) is 11.8 Å². The van der Waals surface area contributed by atoms with Crippen molar-refractivity contribution in [3.63, 3.8) is 0 Å². The molecule has 5 rings (SSSR count). The predicted octanol–water partition coefficient (Wildman–Crippen LogP) is 2.33. The van der Waals surface area contributed by atoms with Crippen LogP contribution in [0.5, 0.6) is 0 Å². The number of carbonyl (C=O) groups excluding carboxylic acids is 2. The van der Waals surface area contributed by atoms with Gasteiger partial charge in [0.05, 0.1) is 12.2 Å². The number of amides is 2. The quantitative estimate of drug-likeness (QED) is 0.239. The van der Waals surface area contributed by atoms with E-state index in [0.29, 0.717) is 42.3 Å². The molecule has 11 nitrogen and oxygen atoms in total. The number of aliphatic hydroxyl groups is 1. The van der Waals surface area contributed by atoms with Gasteiger partial charge in [-0.2, -0.15) is 0 Å². The fraction of sp³-hybridized carbons (Fsp3) is 0.375. The van der Waals surface area contributed by atoms with Gasteiger partial charge in [0.1, 0.15) is 5.82 Å². The van der Waals surface area contributed by atoms with Crippen molar-refractivity contribution in [1.82, 2.24) is 20.1 Å². The Morgan fingerprint density at radius 2 is 1.79 bits per heavy atom. The zero-order chi connectivity index (χ0) is 30.3. The summed E-state index contributed by atoms with van der Waals surface area (Å²) in [7, 11) is 1.63. The number of carbonyl (C=O) groups is 2. The summed E-state index contributed by atoms with van der Waals surface area (Å²) >= 11 is 0. The number of nitrogens with one attached hydrogen (secondary N) is 2. The fourth-order valence-corrected chi connectivity index (χ4v) is 5.82. The highest BCUT2D eigenvalue weighted by molar-refractivity contribution is 6.10. The van der Waals surface area contributed by atoms with Crippen LogP contribution < -0.4 is 22.1 Å². The lowest BCUT2D eigenvalue weighted by Crippen LogP contribution is -2.40. The van der Waals surface area contributed by atoms with E-state index < -0.39 is 0 Å². The zero-order valence-electron chi connectivity index (χ0n) is 24.5. The minimum Gasteiger partial charge on any atom is -0.404 e. The molecule has 43 heavy (non-hydrogen) atoms. The molecule has 3 heterocycles. The number of hydrogen-bond acceptors (Lipinski definition) is 9. The van der Waals surface area contributed by atoms with Crippen LogP contribution in [0.3, 0.4) is 0 Å². The third-order valence-corrected chi connectivity index (χ3v) is 8.22. The van der Waals surface area contributed by atoms with Gasteiger partial charge in [0.15, 0.2) is 0 Å². The van der Waals surface area contributed by atoms with Gasteiger partial charge >= 0.3 is 0 Å². The highest BCUT2D eigenvalue weighted by Crippen LogP contribution is 2.25. The maximum atomic E-state index is 13.4. The Kier molecular flexibility index (Phi) is 9.53. The topological polar surface area (TPSA) is 162 Å². The van der Waals surface area contributed by atoms with Crippen molar-refractivity contribution >= 4 is 45.9 Å². The van der Waals surface area contributed by atoms with E-state index in [9.17, 15) is 9.59 Å². The average Bonchev–Trinajstić information content (AvgIpc) is 3.49. The number of nitrogens with zero attached hydrogens (tertiary/aromatic N) is 4. The molecule has 0 unspecified atom stereocenters. The first-order valence-corrected chi connectivity index (χ1v) is 14.7. The van der Waals surface area contributed by atoms with Crippen LogP contribution >= 0.6 is 0 Å². The molecule has 0 saturated carbocycles. The molecule has 11 heteroatoms. The molecule has 0 spiro atoms. The fourth-order valence-electron chi connectivity index (χ4n) is 5.82. The molecule has 3 aromatic rings. The van der Waals surface area contributed by atoms with Crippen LogP contribution in [0.15, 0.2) is 59.9 Å². The Morgan fingerprint density at radius 3 is 2.53 bits per heavy atom. The first-order chi connectivity index (χ1) is 20.9. The Labute approximate surface area is 251 Å². The smallest absolute Gasteiger partial charge is 0.255 e. The molecule has 2 amide bonds. The Bertz CT molecular complexity index is 1530. The molecule has 2 fully saturated rings. The normalized spacial score (nSPS) is 18.4. The number of piperidine rings is 1. The number of pyridine rings is 1. The molecule has 2 aliphatic rings. The maximum Gasteiger partial charge on any atom is 0.255 e. The molecule has 2 aromatic carbocycles. The van der Waals surface area contributed by atoms with Crippen molar-refractivity contribution in [2.45, 2.75) is 31.3 Å². The highest BCUT2D eigenvalue weighted by atomic mass is 16.3. The molecule has 0 radical (unpaired) electrons. The summed E-state index contributed by atoms with van der Waals surface area (Å²) < 4.78 is 0. The minimum atomic E-state index is -0.346. The number of hydrogen-bond donors (Lipinski definition) is 5. The van der Waals surface area contributed by atoms with Crippen molar-refractivity contribution in [2.75, 3.05) is 57.4 Å². The lowest BCUT2D eigenvalue weighted by molar-refractivity contribution is 0.0783. The van der Waals surface area contributed by atoms with Gasteiger partial charge in [-0.3, -0.25) is 14.6 Å². The van der Waals surface area contributed by atoms with Crippen LogP contribution in [0.2, 0.25) is 0 Å². The molecule has 1 aromatic heterocycles. The van der Waals surface area contributed by atoms with Crippen molar-refractivity contribution in [1.29, 1.82) is 0 Å². The Hall–Kier alpha value is -4.48. The molecule has 7 N–H and O–H groups in total. The lowest BCUT2D eigenvalue weighted by Gasteiger charge is -2.32. The van der Waals surface area contributed by atoms with Crippen LogP contribution in [0.4, 0.5) is 11.5 Å². The molecule has 2 aliphatic heterocycles. The summed E-state index contributed by atoms with van der Waals surface area (Å²) in [5.41, 5.74) is 14.9. The van der Waals surface area contributed by atoms with Gasteiger partial charge in [-0.25, -0.2) is 4.98 Å². The van der Waals surface area contributed by atoms with E-state index in [1.165, 1.54) is 6.20 Å².